The molecule has 0 aliphatic heterocycles. The zero-order valence-electron chi connectivity index (χ0n) is 17.8. The van der Waals surface area contributed by atoms with Crippen LogP contribution in [0.2, 0.25) is 0 Å². The number of nitrogens with zero attached hydrogens (tertiary/aromatic N) is 3. The first-order valence-electron chi connectivity index (χ1n) is 9.82. The Labute approximate surface area is 188 Å². The van der Waals surface area contributed by atoms with E-state index in [1.165, 1.54) is 17.9 Å². The molecule has 0 atom stereocenters. The third-order valence-electron chi connectivity index (χ3n) is 5.03. The average molecular weight is 448 g/mol. The summed E-state index contributed by atoms with van der Waals surface area (Å²) >= 11 is 0. The second kappa shape index (κ2) is 9.69. The molecule has 1 N–H and O–H groups in total. The summed E-state index contributed by atoms with van der Waals surface area (Å²) in [7, 11) is 1.63. The molecule has 10 heteroatoms. The Bertz CT molecular complexity index is 1240. The highest BCUT2D eigenvalue weighted by Gasteiger charge is 2.26. The van der Waals surface area contributed by atoms with Crippen LogP contribution in [0, 0.1) is 27.2 Å². The molecule has 0 aliphatic carbocycles. The molecule has 0 spiro atoms. The van der Waals surface area contributed by atoms with Gasteiger partial charge in [0, 0.05) is 25.2 Å². The van der Waals surface area contributed by atoms with Gasteiger partial charge in [-0.05, 0) is 24.6 Å². The first-order valence-corrected chi connectivity index (χ1v) is 9.82. The van der Waals surface area contributed by atoms with Crippen LogP contribution in [0.3, 0.4) is 0 Å². The number of nitro groups is 2. The van der Waals surface area contributed by atoms with E-state index in [9.17, 15) is 29.8 Å². The predicted octanol–water partition coefficient (Wildman–Crippen LogP) is 4.34. The lowest BCUT2D eigenvalue weighted by Crippen LogP contribution is -2.27. The van der Waals surface area contributed by atoms with Crippen LogP contribution in [-0.2, 0) is 6.54 Å². The number of para-hydroxylation sites is 1. The summed E-state index contributed by atoms with van der Waals surface area (Å²) in [6.07, 6.45) is 0. The van der Waals surface area contributed by atoms with Gasteiger partial charge in [0.25, 0.3) is 23.2 Å². The van der Waals surface area contributed by atoms with E-state index in [4.69, 9.17) is 0 Å². The van der Waals surface area contributed by atoms with Gasteiger partial charge in [-0.15, -0.1) is 0 Å². The number of nitro benzene ring substituents is 2. The van der Waals surface area contributed by atoms with Crippen LogP contribution in [0.1, 0.15) is 31.8 Å². The van der Waals surface area contributed by atoms with Crippen LogP contribution in [0.25, 0.3) is 0 Å². The third-order valence-corrected chi connectivity index (χ3v) is 5.03. The lowest BCUT2D eigenvalue weighted by molar-refractivity contribution is -0.394. The van der Waals surface area contributed by atoms with Crippen LogP contribution >= 0.6 is 0 Å². The van der Waals surface area contributed by atoms with Gasteiger partial charge in [0.05, 0.1) is 32.7 Å². The van der Waals surface area contributed by atoms with Crippen molar-refractivity contribution in [3.05, 3.63) is 109 Å². The molecule has 0 radical (unpaired) electrons. The zero-order valence-corrected chi connectivity index (χ0v) is 17.8. The van der Waals surface area contributed by atoms with E-state index in [0.717, 1.165) is 17.7 Å². The Morgan fingerprint density at radius 3 is 2.18 bits per heavy atom. The molecule has 3 aromatic carbocycles. The maximum Gasteiger partial charge on any atom is 0.279 e. The number of carbonyl (C=O) groups is 2. The number of nitrogens with one attached hydrogen (secondary N) is 1. The molecule has 0 heterocycles. The molecule has 10 nitrogen and oxygen atoms in total. The number of hydrogen-bond acceptors (Lipinski definition) is 6. The molecule has 0 saturated carbocycles. The van der Waals surface area contributed by atoms with Crippen molar-refractivity contribution < 1.29 is 19.4 Å². The van der Waals surface area contributed by atoms with Crippen molar-refractivity contribution in [3.63, 3.8) is 0 Å². The van der Waals surface area contributed by atoms with E-state index in [0.29, 0.717) is 6.54 Å². The van der Waals surface area contributed by atoms with Crippen molar-refractivity contribution in [2.75, 3.05) is 12.4 Å². The maximum atomic E-state index is 13.0. The number of carbonyl (C=O) groups excluding carboxylic acids is 2. The van der Waals surface area contributed by atoms with Gasteiger partial charge in [-0.1, -0.05) is 42.5 Å². The SMILES string of the molecule is Cc1c(C(=O)Nc2ccccc2C(=O)N(C)Cc2ccccc2)cc([N+](=O)[O-])cc1[N+](=O)[O-]. The summed E-state index contributed by atoms with van der Waals surface area (Å²) < 4.78 is 0. The molecule has 0 aliphatic rings. The smallest absolute Gasteiger partial charge is 0.279 e. The molecule has 0 bridgehead atoms. The Morgan fingerprint density at radius 1 is 0.909 bits per heavy atom. The Morgan fingerprint density at radius 2 is 1.55 bits per heavy atom. The summed E-state index contributed by atoms with van der Waals surface area (Å²) in [5.41, 5.74) is -0.0492. The van der Waals surface area contributed by atoms with Gasteiger partial charge in [-0.3, -0.25) is 29.8 Å². The summed E-state index contributed by atoms with van der Waals surface area (Å²) in [6.45, 7) is 1.68. The summed E-state index contributed by atoms with van der Waals surface area (Å²) in [6, 6.07) is 17.5. The van der Waals surface area contributed by atoms with Crippen LogP contribution < -0.4 is 5.32 Å². The Balaban J connectivity index is 1.91. The number of amides is 2. The highest BCUT2D eigenvalue weighted by atomic mass is 16.6. The van der Waals surface area contributed by atoms with Gasteiger partial charge in [-0.25, -0.2) is 0 Å². The highest BCUT2D eigenvalue weighted by Crippen LogP contribution is 2.29. The van der Waals surface area contributed by atoms with E-state index in [1.807, 2.05) is 30.3 Å². The Kier molecular flexibility index (Phi) is 6.77. The predicted molar refractivity (Wildman–Crippen MR) is 121 cm³/mol. The van der Waals surface area contributed by atoms with E-state index >= 15 is 0 Å². The molecule has 33 heavy (non-hydrogen) atoms. The number of non-ortho nitro benzene ring substituents is 1. The van der Waals surface area contributed by atoms with E-state index in [2.05, 4.69) is 5.32 Å². The number of hydrogen-bond donors (Lipinski definition) is 1. The summed E-state index contributed by atoms with van der Waals surface area (Å²) in [4.78, 5) is 48.4. The van der Waals surface area contributed by atoms with Crippen LogP contribution in [0.15, 0.2) is 66.7 Å². The van der Waals surface area contributed by atoms with Crippen molar-refractivity contribution in [1.82, 2.24) is 4.90 Å². The van der Waals surface area contributed by atoms with Gasteiger partial charge >= 0.3 is 0 Å². The Hall–Kier alpha value is -4.60. The fourth-order valence-corrected chi connectivity index (χ4v) is 3.32. The molecule has 2 amide bonds. The largest absolute Gasteiger partial charge is 0.337 e. The van der Waals surface area contributed by atoms with Crippen molar-refractivity contribution in [3.8, 4) is 0 Å². The topological polar surface area (TPSA) is 136 Å². The molecule has 3 rings (SSSR count). The van der Waals surface area contributed by atoms with Crippen molar-refractivity contribution in [2.24, 2.45) is 0 Å². The van der Waals surface area contributed by atoms with Crippen molar-refractivity contribution >= 4 is 28.9 Å². The van der Waals surface area contributed by atoms with Gasteiger partial charge in [-0.2, -0.15) is 0 Å². The van der Waals surface area contributed by atoms with Crippen molar-refractivity contribution in [2.45, 2.75) is 13.5 Å². The monoisotopic (exact) mass is 448 g/mol. The number of anilines is 1. The van der Waals surface area contributed by atoms with Crippen LogP contribution in [0.5, 0.6) is 0 Å². The molecule has 0 fully saturated rings. The summed E-state index contributed by atoms with van der Waals surface area (Å²) in [5.74, 6) is -1.15. The average Bonchev–Trinajstić information content (AvgIpc) is 2.79. The van der Waals surface area contributed by atoms with E-state index in [-0.39, 0.29) is 28.3 Å². The minimum Gasteiger partial charge on any atom is -0.337 e. The molecule has 168 valence electrons. The molecular weight excluding hydrogens is 428 g/mol. The lowest BCUT2D eigenvalue weighted by atomic mass is 10.0. The first-order chi connectivity index (χ1) is 15.7. The summed E-state index contributed by atoms with van der Waals surface area (Å²) in [5, 5.41) is 25.1. The lowest BCUT2D eigenvalue weighted by Gasteiger charge is -2.19. The highest BCUT2D eigenvalue weighted by molar-refractivity contribution is 6.10. The molecular formula is C23H20N4O6. The van der Waals surface area contributed by atoms with Crippen LogP contribution in [0.4, 0.5) is 17.1 Å². The second-order valence-electron chi connectivity index (χ2n) is 7.30. The van der Waals surface area contributed by atoms with Gasteiger partial charge in [0.1, 0.15) is 0 Å². The maximum absolute atomic E-state index is 13.0. The third kappa shape index (κ3) is 5.18. The second-order valence-corrected chi connectivity index (χ2v) is 7.30. The van der Waals surface area contributed by atoms with Crippen LogP contribution in [-0.4, -0.2) is 33.6 Å². The van der Waals surface area contributed by atoms with E-state index in [1.54, 1.807) is 25.2 Å². The molecule has 0 saturated heterocycles. The molecule has 0 unspecified atom stereocenters. The molecule has 3 aromatic rings. The number of rotatable bonds is 7. The van der Waals surface area contributed by atoms with Gasteiger partial charge in [0.2, 0.25) is 0 Å². The molecule has 0 aromatic heterocycles. The number of benzene rings is 3. The zero-order chi connectivity index (χ0) is 24.1. The normalized spacial score (nSPS) is 10.4. The van der Waals surface area contributed by atoms with Crippen molar-refractivity contribution in [1.29, 1.82) is 0 Å². The van der Waals surface area contributed by atoms with Gasteiger partial charge < -0.3 is 10.2 Å². The standard InChI is InChI=1S/C23H20N4O6/c1-15-19(12-17(26(30)31)13-21(15)27(32)33)22(28)24-20-11-7-6-10-18(20)23(29)25(2)14-16-8-4-3-5-9-16/h3-13H,14H2,1-2H3,(H,24,28). The fourth-order valence-electron chi connectivity index (χ4n) is 3.32. The quantitative estimate of drug-likeness (QED) is 0.422. The van der Waals surface area contributed by atoms with Gasteiger partial charge in [0.15, 0.2) is 0 Å². The van der Waals surface area contributed by atoms with E-state index < -0.39 is 27.1 Å². The fraction of sp³-hybridized carbons (Fsp3) is 0.130. The minimum atomic E-state index is -0.806. The first kappa shape index (κ1) is 23.1. The minimum absolute atomic E-state index is 0.0203.